The summed E-state index contributed by atoms with van der Waals surface area (Å²) in [4.78, 5) is 6.67. The average molecular weight is 572 g/mol. The van der Waals surface area contributed by atoms with Crippen molar-refractivity contribution in [1.29, 1.82) is 0 Å². The van der Waals surface area contributed by atoms with E-state index in [4.69, 9.17) is 11.6 Å². The Morgan fingerprint density at radius 2 is 2.03 bits per heavy atom. The van der Waals surface area contributed by atoms with Gasteiger partial charge in [-0.25, -0.2) is 13.1 Å². The van der Waals surface area contributed by atoms with Gasteiger partial charge in [-0.05, 0) is 63.9 Å². The Hall–Kier alpha value is -0.620. The number of nitrogens with zero attached hydrogens (tertiary/aromatic N) is 2. The number of halogens is 2. The van der Waals surface area contributed by atoms with Crippen molar-refractivity contribution in [2.24, 2.45) is 10.9 Å². The smallest absolute Gasteiger partial charge is 0.209 e. The van der Waals surface area contributed by atoms with Gasteiger partial charge >= 0.3 is 0 Å². The van der Waals surface area contributed by atoms with Crippen molar-refractivity contribution >= 4 is 51.6 Å². The summed E-state index contributed by atoms with van der Waals surface area (Å²) >= 11 is 6.23. The van der Waals surface area contributed by atoms with Gasteiger partial charge < -0.3 is 10.6 Å². The molecule has 2 atom stereocenters. The molecule has 2 unspecified atom stereocenters. The number of likely N-dealkylation sites (tertiary alicyclic amines) is 1. The Morgan fingerprint density at radius 1 is 1.33 bits per heavy atom. The fraction of sp³-hybridized carbons (Fsp3) is 0.650. The van der Waals surface area contributed by atoms with Crippen LogP contribution in [0.5, 0.6) is 0 Å². The van der Waals surface area contributed by atoms with E-state index in [9.17, 15) is 8.42 Å². The largest absolute Gasteiger partial charge is 0.356 e. The number of guanidine groups is 1. The molecular formula is C20H35ClIN5O2S. The fourth-order valence-electron chi connectivity index (χ4n) is 3.98. The first kappa shape index (κ1) is 27.4. The molecule has 3 N–H and O–H groups in total. The summed E-state index contributed by atoms with van der Waals surface area (Å²) in [5.41, 5.74) is 0.604. The first-order valence-corrected chi connectivity index (χ1v) is 12.2. The molecule has 172 valence electrons. The van der Waals surface area contributed by atoms with E-state index in [0.717, 1.165) is 37.2 Å². The van der Waals surface area contributed by atoms with Crippen molar-refractivity contribution < 1.29 is 8.42 Å². The van der Waals surface area contributed by atoms with E-state index in [1.807, 2.05) is 32.0 Å². The first-order chi connectivity index (χ1) is 13.5. The van der Waals surface area contributed by atoms with Gasteiger partial charge in [0.2, 0.25) is 10.0 Å². The lowest BCUT2D eigenvalue weighted by Gasteiger charge is -2.40. The van der Waals surface area contributed by atoms with E-state index >= 15 is 0 Å². The molecule has 0 bridgehead atoms. The highest BCUT2D eigenvalue weighted by atomic mass is 127. The normalized spacial score (nSPS) is 21.1. The quantitative estimate of drug-likeness (QED) is 0.266. The SMILES string of the molecule is CN=C(NCC1CCCN(C)C1c1cccc(Cl)c1)NCC(C)(C)NS(C)(=O)=O.I. The third kappa shape index (κ3) is 8.86. The summed E-state index contributed by atoms with van der Waals surface area (Å²) in [5, 5.41) is 7.39. The van der Waals surface area contributed by atoms with Crippen molar-refractivity contribution in [1.82, 2.24) is 20.3 Å². The summed E-state index contributed by atoms with van der Waals surface area (Å²) in [6.07, 6.45) is 3.43. The van der Waals surface area contributed by atoms with E-state index < -0.39 is 15.6 Å². The lowest BCUT2D eigenvalue weighted by Crippen LogP contribution is -2.53. The number of nitrogens with one attached hydrogen (secondary N) is 3. The van der Waals surface area contributed by atoms with Gasteiger partial charge in [0.15, 0.2) is 5.96 Å². The van der Waals surface area contributed by atoms with Crippen molar-refractivity contribution in [3.8, 4) is 0 Å². The highest BCUT2D eigenvalue weighted by Gasteiger charge is 2.31. The summed E-state index contributed by atoms with van der Waals surface area (Å²) in [5.74, 6) is 1.07. The van der Waals surface area contributed by atoms with Crippen LogP contribution < -0.4 is 15.4 Å². The predicted molar refractivity (Wildman–Crippen MR) is 136 cm³/mol. The summed E-state index contributed by atoms with van der Waals surface area (Å²) in [6, 6.07) is 8.38. The number of hydrogen-bond acceptors (Lipinski definition) is 4. The number of hydrogen-bond donors (Lipinski definition) is 3. The molecule has 0 saturated carbocycles. The van der Waals surface area contributed by atoms with Crippen molar-refractivity contribution in [2.45, 2.75) is 38.3 Å². The second-order valence-electron chi connectivity index (χ2n) is 8.45. The zero-order valence-electron chi connectivity index (χ0n) is 18.4. The summed E-state index contributed by atoms with van der Waals surface area (Å²) in [6.45, 7) is 5.91. The molecular weight excluding hydrogens is 537 g/mol. The van der Waals surface area contributed by atoms with Crippen LogP contribution in [-0.4, -0.2) is 64.8 Å². The molecule has 1 aromatic carbocycles. The number of sulfonamides is 1. The highest BCUT2D eigenvalue weighted by Crippen LogP contribution is 2.35. The van der Waals surface area contributed by atoms with E-state index in [2.05, 4.69) is 38.4 Å². The van der Waals surface area contributed by atoms with Crippen LogP contribution in [0.3, 0.4) is 0 Å². The van der Waals surface area contributed by atoms with Gasteiger partial charge in [-0.2, -0.15) is 0 Å². The van der Waals surface area contributed by atoms with Crippen LogP contribution in [0.2, 0.25) is 5.02 Å². The van der Waals surface area contributed by atoms with E-state index in [0.29, 0.717) is 18.4 Å². The maximum Gasteiger partial charge on any atom is 0.209 e. The van der Waals surface area contributed by atoms with Gasteiger partial charge in [0.1, 0.15) is 0 Å². The number of aliphatic imine (C=N–C) groups is 1. The molecule has 0 spiro atoms. The molecule has 0 aromatic heterocycles. The van der Waals surface area contributed by atoms with Gasteiger partial charge in [-0.1, -0.05) is 23.7 Å². The Morgan fingerprint density at radius 3 is 2.63 bits per heavy atom. The molecule has 0 radical (unpaired) electrons. The topological polar surface area (TPSA) is 85.8 Å². The molecule has 1 aromatic rings. The monoisotopic (exact) mass is 571 g/mol. The summed E-state index contributed by atoms with van der Waals surface area (Å²) in [7, 11) is 0.593. The van der Waals surface area contributed by atoms with Gasteiger partial charge in [0.05, 0.1) is 6.26 Å². The number of piperidine rings is 1. The zero-order valence-corrected chi connectivity index (χ0v) is 22.3. The fourth-order valence-corrected chi connectivity index (χ4v) is 5.26. The highest BCUT2D eigenvalue weighted by molar-refractivity contribution is 14.0. The van der Waals surface area contributed by atoms with Crippen LogP contribution in [0.15, 0.2) is 29.3 Å². The van der Waals surface area contributed by atoms with Crippen LogP contribution in [0.1, 0.15) is 38.3 Å². The minimum atomic E-state index is -3.28. The van der Waals surface area contributed by atoms with E-state index in [1.165, 1.54) is 5.56 Å². The predicted octanol–water partition coefficient (Wildman–Crippen LogP) is 2.83. The molecule has 1 aliphatic rings. The van der Waals surface area contributed by atoms with Crippen molar-refractivity contribution in [3.63, 3.8) is 0 Å². The van der Waals surface area contributed by atoms with Gasteiger partial charge in [-0.3, -0.25) is 9.89 Å². The number of benzene rings is 1. The maximum absolute atomic E-state index is 11.5. The van der Waals surface area contributed by atoms with Gasteiger partial charge in [0.25, 0.3) is 0 Å². The number of rotatable bonds is 7. The van der Waals surface area contributed by atoms with Gasteiger partial charge in [-0.15, -0.1) is 24.0 Å². The third-order valence-corrected chi connectivity index (χ3v) is 6.27. The molecule has 30 heavy (non-hydrogen) atoms. The maximum atomic E-state index is 11.5. The molecule has 1 heterocycles. The van der Waals surface area contributed by atoms with Crippen LogP contribution in [0.25, 0.3) is 0 Å². The Bertz CT molecular complexity index is 819. The molecule has 1 fully saturated rings. The first-order valence-electron chi connectivity index (χ1n) is 9.90. The van der Waals surface area contributed by atoms with E-state index in [-0.39, 0.29) is 30.0 Å². The standard InChI is InChI=1S/C20H34ClN5O2S.HI/c1-20(2,25-29(5,27)28)14-24-19(22-3)23-13-16-9-7-11-26(4)18(16)15-8-6-10-17(21)12-15;/h6,8,10,12,16,18,25H,7,9,11,13-14H2,1-5H3,(H2,22,23,24);1H. The molecule has 1 aliphatic heterocycles. The molecule has 7 nitrogen and oxygen atoms in total. The molecule has 1 saturated heterocycles. The van der Waals surface area contributed by atoms with E-state index in [1.54, 1.807) is 7.05 Å². The van der Waals surface area contributed by atoms with Crippen LogP contribution >= 0.6 is 35.6 Å². The lowest BCUT2D eigenvalue weighted by atomic mass is 9.85. The van der Waals surface area contributed by atoms with Crippen LogP contribution in [0.4, 0.5) is 0 Å². The lowest BCUT2D eigenvalue weighted by molar-refractivity contribution is 0.122. The average Bonchev–Trinajstić information content (AvgIpc) is 2.59. The van der Waals surface area contributed by atoms with Crippen molar-refractivity contribution in [3.05, 3.63) is 34.9 Å². The molecule has 2 rings (SSSR count). The van der Waals surface area contributed by atoms with Crippen molar-refractivity contribution in [2.75, 3.05) is 40.0 Å². The zero-order chi connectivity index (χ0) is 21.7. The second kappa shape index (κ2) is 11.8. The Balaban J connectivity index is 0.00000450. The Labute approximate surface area is 203 Å². The third-order valence-electron chi connectivity index (χ3n) is 5.11. The molecule has 0 aliphatic carbocycles. The second-order valence-corrected chi connectivity index (χ2v) is 10.6. The minimum absolute atomic E-state index is 0. The molecule has 10 heteroatoms. The van der Waals surface area contributed by atoms with Gasteiger partial charge in [0, 0.05) is 36.7 Å². The summed E-state index contributed by atoms with van der Waals surface area (Å²) < 4.78 is 25.7. The molecule has 0 amide bonds. The minimum Gasteiger partial charge on any atom is -0.356 e. The Kier molecular flexibility index (Phi) is 10.8. The van der Waals surface area contributed by atoms with Crippen LogP contribution in [-0.2, 0) is 10.0 Å². The van der Waals surface area contributed by atoms with Crippen LogP contribution in [0, 0.1) is 5.92 Å².